The highest BCUT2D eigenvalue weighted by molar-refractivity contribution is 7.89. The van der Waals surface area contributed by atoms with Gasteiger partial charge in [0.25, 0.3) is 5.91 Å². The van der Waals surface area contributed by atoms with Gasteiger partial charge in [-0.2, -0.15) is 4.31 Å². The molecule has 1 unspecified atom stereocenters. The number of rotatable bonds is 7. The van der Waals surface area contributed by atoms with Crippen molar-refractivity contribution >= 4 is 15.9 Å². The van der Waals surface area contributed by atoms with Crippen LogP contribution in [0.2, 0.25) is 0 Å². The Morgan fingerprint density at radius 1 is 1.13 bits per heavy atom. The van der Waals surface area contributed by atoms with E-state index in [0.29, 0.717) is 37.0 Å². The predicted octanol–water partition coefficient (Wildman–Crippen LogP) is 3.19. The zero-order chi connectivity index (χ0) is 21.9. The SMILES string of the molecule is Cc1cc(C(=O)NCC(C)CN2CCCC2)cc(S(=O)(=O)N2CCC(C)CC2)c1C. The summed E-state index contributed by atoms with van der Waals surface area (Å²) in [7, 11) is -3.59. The summed E-state index contributed by atoms with van der Waals surface area (Å²) in [6, 6.07) is 3.36. The normalized spacial score (nSPS) is 20.4. The number of carbonyl (C=O) groups is 1. The Labute approximate surface area is 182 Å². The van der Waals surface area contributed by atoms with Crippen LogP contribution in [0.15, 0.2) is 17.0 Å². The van der Waals surface area contributed by atoms with E-state index in [1.54, 1.807) is 16.4 Å². The van der Waals surface area contributed by atoms with Gasteiger partial charge < -0.3 is 10.2 Å². The third kappa shape index (κ3) is 5.42. The molecule has 168 valence electrons. The third-order valence-corrected chi connectivity index (χ3v) is 8.65. The Bertz CT molecular complexity index is 855. The molecular weight excluding hydrogens is 398 g/mol. The molecule has 1 aromatic carbocycles. The third-order valence-electron chi connectivity index (χ3n) is 6.62. The Morgan fingerprint density at radius 2 is 1.77 bits per heavy atom. The van der Waals surface area contributed by atoms with Crippen LogP contribution in [0.25, 0.3) is 0 Å². The van der Waals surface area contributed by atoms with Crippen LogP contribution in [0.1, 0.15) is 61.0 Å². The molecule has 2 heterocycles. The second-order valence-corrected chi connectivity index (χ2v) is 11.2. The minimum Gasteiger partial charge on any atom is -0.352 e. The molecule has 0 radical (unpaired) electrons. The molecule has 2 saturated heterocycles. The zero-order valence-electron chi connectivity index (χ0n) is 18.9. The first-order chi connectivity index (χ1) is 14.2. The molecule has 0 spiro atoms. The molecule has 2 fully saturated rings. The number of benzene rings is 1. The van der Waals surface area contributed by atoms with Crippen LogP contribution in [-0.2, 0) is 10.0 Å². The van der Waals surface area contributed by atoms with Crippen molar-refractivity contribution in [2.45, 2.75) is 58.3 Å². The molecule has 2 aliphatic rings. The van der Waals surface area contributed by atoms with E-state index < -0.39 is 10.0 Å². The molecule has 30 heavy (non-hydrogen) atoms. The zero-order valence-corrected chi connectivity index (χ0v) is 19.7. The van der Waals surface area contributed by atoms with Gasteiger partial charge in [0.15, 0.2) is 0 Å². The summed E-state index contributed by atoms with van der Waals surface area (Å²) in [5.74, 6) is 0.714. The van der Waals surface area contributed by atoms with E-state index >= 15 is 0 Å². The monoisotopic (exact) mass is 435 g/mol. The summed E-state index contributed by atoms with van der Waals surface area (Å²) in [5.41, 5.74) is 1.99. The molecule has 1 N–H and O–H groups in total. The first-order valence-corrected chi connectivity index (χ1v) is 12.7. The molecule has 0 saturated carbocycles. The van der Waals surface area contributed by atoms with Crippen molar-refractivity contribution in [2.75, 3.05) is 39.3 Å². The molecule has 6 nitrogen and oxygen atoms in total. The number of carbonyl (C=O) groups excluding carboxylic acids is 1. The summed E-state index contributed by atoms with van der Waals surface area (Å²) in [4.78, 5) is 15.5. The highest BCUT2D eigenvalue weighted by Gasteiger charge is 2.30. The van der Waals surface area contributed by atoms with Crippen molar-refractivity contribution in [3.63, 3.8) is 0 Å². The van der Waals surface area contributed by atoms with Crippen molar-refractivity contribution in [2.24, 2.45) is 11.8 Å². The minimum absolute atomic E-state index is 0.199. The molecule has 1 aromatic rings. The number of nitrogens with zero attached hydrogens (tertiary/aromatic N) is 2. The molecular formula is C23H37N3O3S. The number of hydrogen-bond donors (Lipinski definition) is 1. The van der Waals surface area contributed by atoms with Gasteiger partial charge in [0.1, 0.15) is 0 Å². The van der Waals surface area contributed by atoms with Gasteiger partial charge in [0, 0.05) is 31.7 Å². The lowest BCUT2D eigenvalue weighted by Crippen LogP contribution is -2.38. The van der Waals surface area contributed by atoms with Crippen LogP contribution in [0.4, 0.5) is 0 Å². The molecule has 2 aliphatic heterocycles. The molecule has 3 rings (SSSR count). The van der Waals surface area contributed by atoms with E-state index in [4.69, 9.17) is 0 Å². The number of piperidine rings is 1. The Morgan fingerprint density at radius 3 is 2.40 bits per heavy atom. The minimum atomic E-state index is -3.59. The average molecular weight is 436 g/mol. The van der Waals surface area contributed by atoms with Crippen LogP contribution >= 0.6 is 0 Å². The fraction of sp³-hybridized carbons (Fsp3) is 0.696. The highest BCUT2D eigenvalue weighted by Crippen LogP contribution is 2.28. The van der Waals surface area contributed by atoms with Gasteiger partial charge in [-0.05, 0) is 87.7 Å². The average Bonchev–Trinajstić information content (AvgIpc) is 3.21. The molecule has 1 atom stereocenters. The summed E-state index contributed by atoms with van der Waals surface area (Å²) in [6.45, 7) is 13.0. The van der Waals surface area contributed by atoms with Crippen LogP contribution in [-0.4, -0.2) is 62.8 Å². The summed E-state index contributed by atoms with van der Waals surface area (Å²) in [6.07, 6.45) is 4.28. The Kier molecular flexibility index (Phi) is 7.58. The van der Waals surface area contributed by atoms with Gasteiger partial charge in [-0.1, -0.05) is 13.8 Å². The smallest absolute Gasteiger partial charge is 0.251 e. The largest absolute Gasteiger partial charge is 0.352 e. The Balaban J connectivity index is 1.71. The first kappa shape index (κ1) is 23.2. The fourth-order valence-electron chi connectivity index (χ4n) is 4.43. The fourth-order valence-corrected chi connectivity index (χ4v) is 6.22. The van der Waals surface area contributed by atoms with Crippen molar-refractivity contribution in [3.8, 4) is 0 Å². The lowest BCUT2D eigenvalue weighted by molar-refractivity contribution is 0.0944. The maximum absolute atomic E-state index is 13.3. The van der Waals surface area contributed by atoms with E-state index in [9.17, 15) is 13.2 Å². The van der Waals surface area contributed by atoms with Crippen molar-refractivity contribution in [3.05, 3.63) is 28.8 Å². The van der Waals surface area contributed by atoms with Crippen molar-refractivity contribution in [1.29, 1.82) is 0 Å². The van der Waals surface area contributed by atoms with Crippen molar-refractivity contribution < 1.29 is 13.2 Å². The van der Waals surface area contributed by atoms with Crippen LogP contribution in [0.5, 0.6) is 0 Å². The number of hydrogen-bond acceptors (Lipinski definition) is 4. The molecule has 1 amide bonds. The predicted molar refractivity (Wildman–Crippen MR) is 120 cm³/mol. The van der Waals surface area contributed by atoms with Crippen LogP contribution in [0.3, 0.4) is 0 Å². The number of nitrogens with one attached hydrogen (secondary N) is 1. The second kappa shape index (κ2) is 9.79. The standard InChI is InChI=1S/C23H37N3O3S/c1-17-7-11-26(12-8-17)30(28,29)22-14-21(13-19(3)20(22)4)23(27)24-15-18(2)16-25-9-5-6-10-25/h13-14,17-18H,5-12,15-16H2,1-4H3,(H,24,27). The van der Waals surface area contributed by atoms with Gasteiger partial charge in [0.05, 0.1) is 4.90 Å². The first-order valence-electron chi connectivity index (χ1n) is 11.3. The highest BCUT2D eigenvalue weighted by atomic mass is 32.2. The number of amides is 1. The quantitative estimate of drug-likeness (QED) is 0.714. The summed E-state index contributed by atoms with van der Waals surface area (Å²) in [5, 5.41) is 3.01. The topological polar surface area (TPSA) is 69.7 Å². The van der Waals surface area contributed by atoms with E-state index in [2.05, 4.69) is 24.1 Å². The lowest BCUT2D eigenvalue weighted by Gasteiger charge is -2.30. The molecule has 7 heteroatoms. The number of sulfonamides is 1. The van der Waals surface area contributed by atoms with E-state index in [1.165, 1.54) is 12.8 Å². The maximum atomic E-state index is 13.3. The summed E-state index contributed by atoms with van der Waals surface area (Å²) < 4.78 is 28.2. The number of likely N-dealkylation sites (tertiary alicyclic amines) is 1. The lowest BCUT2D eigenvalue weighted by atomic mass is 10.0. The van der Waals surface area contributed by atoms with Gasteiger partial charge in [-0.3, -0.25) is 4.79 Å². The van der Waals surface area contributed by atoms with Gasteiger partial charge in [-0.25, -0.2) is 8.42 Å². The summed E-state index contributed by atoms with van der Waals surface area (Å²) >= 11 is 0. The van der Waals surface area contributed by atoms with Gasteiger partial charge in [0.2, 0.25) is 10.0 Å². The Hall–Kier alpha value is -1.44. The second-order valence-electron chi connectivity index (χ2n) is 9.33. The maximum Gasteiger partial charge on any atom is 0.251 e. The molecule has 0 bridgehead atoms. The molecule has 0 aromatic heterocycles. The van der Waals surface area contributed by atoms with Crippen LogP contribution in [0, 0.1) is 25.7 Å². The van der Waals surface area contributed by atoms with Gasteiger partial charge in [-0.15, -0.1) is 0 Å². The van der Waals surface area contributed by atoms with Crippen molar-refractivity contribution in [1.82, 2.24) is 14.5 Å². The number of aryl methyl sites for hydroxylation is 1. The van der Waals surface area contributed by atoms with E-state index in [-0.39, 0.29) is 10.8 Å². The van der Waals surface area contributed by atoms with E-state index in [0.717, 1.165) is 43.6 Å². The van der Waals surface area contributed by atoms with Gasteiger partial charge >= 0.3 is 0 Å². The molecule has 0 aliphatic carbocycles. The van der Waals surface area contributed by atoms with Crippen LogP contribution < -0.4 is 5.32 Å². The van der Waals surface area contributed by atoms with E-state index in [1.807, 2.05) is 13.8 Å².